The molecule has 3 amide bonds. The van der Waals surface area contributed by atoms with Gasteiger partial charge in [-0.1, -0.05) is 60.7 Å². The van der Waals surface area contributed by atoms with Crippen LogP contribution in [0.4, 0.5) is 16.2 Å². The van der Waals surface area contributed by atoms with Gasteiger partial charge in [0.15, 0.2) is 11.5 Å². The number of aryl methyl sites for hydroxylation is 1. The Kier molecular flexibility index (Phi) is 12.4. The molecule has 11 heteroatoms. The molecule has 0 radical (unpaired) electrons. The number of carbonyl (C=O) groups excluding carboxylic acids is 3. The van der Waals surface area contributed by atoms with E-state index in [1.54, 1.807) is 24.3 Å². The van der Waals surface area contributed by atoms with Gasteiger partial charge in [-0.2, -0.15) is 10.1 Å². The molecule has 0 saturated heterocycles. The van der Waals surface area contributed by atoms with E-state index in [9.17, 15) is 14.4 Å². The second-order valence-electron chi connectivity index (χ2n) is 12.1. The van der Waals surface area contributed by atoms with E-state index in [0.717, 1.165) is 29.4 Å². The molecule has 11 nitrogen and oxygen atoms in total. The second-order valence-corrected chi connectivity index (χ2v) is 12.1. The Morgan fingerprint density at radius 3 is 2.06 bits per heavy atom. The molecule has 4 rings (SSSR count). The molecule has 0 spiro atoms. The maximum absolute atomic E-state index is 13.2. The van der Waals surface area contributed by atoms with Crippen molar-refractivity contribution in [2.45, 2.75) is 39.7 Å². The molecule has 0 atom stereocenters. The van der Waals surface area contributed by atoms with Gasteiger partial charge in [0, 0.05) is 16.8 Å². The average Bonchev–Trinajstić information content (AvgIpc) is 3.11. The number of nitrogens with zero attached hydrogens (tertiary/aromatic N) is 2. The Bertz CT molecular complexity index is 1840. The highest BCUT2D eigenvalue weighted by molar-refractivity contribution is 6.05. The summed E-state index contributed by atoms with van der Waals surface area (Å²) in [6, 6.07) is 25.8. The standard InChI is InChI=1S/C39H42N4O7/c1-26-16-21-31(24-32(26)42-37(45)29-19-17-28(18-20-29)15-11-14-27-12-9-8-10-13-27)43(39(2,3)4)50-38(46)41-25-40-36(44)30-22-33(47-5)35(49-7)34(23-30)48-6/h8-14,16-25H,15H2,1-7H3,(H,42,45)(H,40,41,44,46). The number of allylic oxidation sites excluding steroid dienone is 1. The van der Waals surface area contributed by atoms with Crippen molar-refractivity contribution in [3.8, 4) is 17.2 Å². The first-order valence-corrected chi connectivity index (χ1v) is 15.8. The number of aliphatic imine (C=N–C) groups is 1. The van der Waals surface area contributed by atoms with Gasteiger partial charge in [0.05, 0.1) is 32.6 Å². The normalized spacial score (nSPS) is 11.3. The summed E-state index contributed by atoms with van der Waals surface area (Å²) < 4.78 is 15.9. The molecule has 0 bridgehead atoms. The van der Waals surface area contributed by atoms with Crippen LogP contribution in [-0.4, -0.2) is 51.1 Å². The van der Waals surface area contributed by atoms with Crippen LogP contribution in [0.25, 0.3) is 6.08 Å². The van der Waals surface area contributed by atoms with E-state index < -0.39 is 17.5 Å². The molecule has 0 unspecified atom stereocenters. The number of benzene rings is 4. The van der Waals surface area contributed by atoms with Crippen molar-refractivity contribution in [2.75, 3.05) is 31.7 Å². The topological polar surface area (TPSA) is 128 Å². The van der Waals surface area contributed by atoms with Crippen LogP contribution in [0, 0.1) is 6.92 Å². The van der Waals surface area contributed by atoms with E-state index in [0.29, 0.717) is 34.2 Å². The Morgan fingerprint density at radius 2 is 1.46 bits per heavy atom. The highest BCUT2D eigenvalue weighted by Gasteiger charge is 2.27. The lowest BCUT2D eigenvalue weighted by Crippen LogP contribution is -2.42. The molecule has 4 aromatic rings. The van der Waals surface area contributed by atoms with Crippen LogP contribution in [0.15, 0.2) is 96.0 Å². The Labute approximate surface area is 292 Å². The SMILES string of the molecule is COc1cc(C(=O)NC=NC(=O)ON(c2ccc(C)c(NC(=O)c3ccc(CC=Cc4ccccc4)cc3)c2)C(C)(C)C)cc(OC)c1OC. The molecule has 2 N–H and O–H groups in total. The zero-order valence-electron chi connectivity index (χ0n) is 29.3. The van der Waals surface area contributed by atoms with E-state index in [-0.39, 0.29) is 11.5 Å². The Morgan fingerprint density at radius 1 is 0.800 bits per heavy atom. The number of anilines is 2. The molecular weight excluding hydrogens is 636 g/mol. The van der Waals surface area contributed by atoms with E-state index >= 15 is 0 Å². The monoisotopic (exact) mass is 678 g/mol. The van der Waals surface area contributed by atoms with Gasteiger partial charge in [-0.3, -0.25) is 9.59 Å². The van der Waals surface area contributed by atoms with Crippen LogP contribution in [0.2, 0.25) is 0 Å². The first-order valence-electron chi connectivity index (χ1n) is 15.8. The predicted octanol–water partition coefficient (Wildman–Crippen LogP) is 7.64. The number of hydrogen-bond donors (Lipinski definition) is 2. The van der Waals surface area contributed by atoms with E-state index in [1.165, 1.54) is 38.5 Å². The number of rotatable bonds is 12. The number of ether oxygens (including phenoxy) is 3. The number of nitrogens with one attached hydrogen (secondary N) is 2. The molecule has 0 heterocycles. The number of amides is 3. The van der Waals surface area contributed by atoms with Crippen LogP contribution in [0.1, 0.15) is 58.2 Å². The lowest BCUT2D eigenvalue weighted by atomic mass is 10.1. The van der Waals surface area contributed by atoms with Crippen molar-refractivity contribution >= 4 is 41.7 Å². The molecule has 0 aliphatic carbocycles. The summed E-state index contributed by atoms with van der Waals surface area (Å²) in [5, 5.41) is 6.81. The fourth-order valence-corrected chi connectivity index (χ4v) is 4.87. The number of methoxy groups -OCH3 is 3. The maximum Gasteiger partial charge on any atom is 0.459 e. The number of hydroxylamine groups is 1. The van der Waals surface area contributed by atoms with Crippen molar-refractivity contribution in [3.05, 3.63) is 119 Å². The first-order chi connectivity index (χ1) is 23.9. The van der Waals surface area contributed by atoms with Crippen LogP contribution >= 0.6 is 0 Å². The third kappa shape index (κ3) is 9.72. The summed E-state index contributed by atoms with van der Waals surface area (Å²) in [6.07, 6.45) is 4.86. The number of hydrogen-bond acceptors (Lipinski definition) is 8. The summed E-state index contributed by atoms with van der Waals surface area (Å²) in [5.41, 5.74) is 4.08. The molecule has 50 heavy (non-hydrogen) atoms. The van der Waals surface area contributed by atoms with Gasteiger partial charge in [-0.25, -0.2) is 4.79 Å². The van der Waals surface area contributed by atoms with Gasteiger partial charge in [0.1, 0.15) is 6.34 Å². The van der Waals surface area contributed by atoms with E-state index in [1.807, 2.05) is 76.2 Å². The van der Waals surface area contributed by atoms with Gasteiger partial charge in [-0.05, 0) is 87.2 Å². The minimum atomic E-state index is -0.977. The van der Waals surface area contributed by atoms with Crippen molar-refractivity contribution in [1.29, 1.82) is 0 Å². The summed E-state index contributed by atoms with van der Waals surface area (Å²) in [6.45, 7) is 7.43. The largest absolute Gasteiger partial charge is 0.493 e. The molecule has 4 aromatic carbocycles. The highest BCUT2D eigenvalue weighted by Crippen LogP contribution is 2.38. The molecule has 0 aliphatic heterocycles. The quantitative estimate of drug-likeness (QED) is 0.0889. The summed E-state index contributed by atoms with van der Waals surface area (Å²) in [7, 11) is 4.33. The highest BCUT2D eigenvalue weighted by atomic mass is 16.7. The number of carbonyl (C=O) groups is 3. The third-order valence-electron chi connectivity index (χ3n) is 7.45. The van der Waals surface area contributed by atoms with Crippen molar-refractivity contribution in [1.82, 2.24) is 5.32 Å². The lowest BCUT2D eigenvalue weighted by Gasteiger charge is -2.34. The zero-order chi connectivity index (χ0) is 36.3. The molecule has 0 aliphatic rings. The van der Waals surface area contributed by atoms with Crippen LogP contribution < -0.4 is 29.9 Å². The van der Waals surface area contributed by atoms with Crippen LogP contribution in [-0.2, 0) is 11.3 Å². The van der Waals surface area contributed by atoms with Crippen LogP contribution in [0.3, 0.4) is 0 Å². The third-order valence-corrected chi connectivity index (χ3v) is 7.45. The first kappa shape index (κ1) is 36.7. The van der Waals surface area contributed by atoms with Gasteiger partial charge in [0.2, 0.25) is 5.75 Å². The van der Waals surface area contributed by atoms with Crippen molar-refractivity contribution in [2.24, 2.45) is 4.99 Å². The van der Waals surface area contributed by atoms with Crippen LogP contribution in [0.5, 0.6) is 17.2 Å². The minimum absolute atomic E-state index is 0.191. The molecule has 0 saturated carbocycles. The minimum Gasteiger partial charge on any atom is -0.493 e. The Balaban J connectivity index is 1.41. The second kappa shape index (κ2) is 16.8. The Hall–Kier alpha value is -6.10. The van der Waals surface area contributed by atoms with E-state index in [2.05, 4.69) is 27.8 Å². The van der Waals surface area contributed by atoms with Gasteiger partial charge < -0.3 is 29.7 Å². The fourth-order valence-electron chi connectivity index (χ4n) is 4.87. The van der Waals surface area contributed by atoms with Gasteiger partial charge in [-0.15, -0.1) is 0 Å². The summed E-state index contributed by atoms with van der Waals surface area (Å²) >= 11 is 0. The molecule has 0 aromatic heterocycles. The van der Waals surface area contributed by atoms with Crippen molar-refractivity contribution in [3.63, 3.8) is 0 Å². The average molecular weight is 679 g/mol. The summed E-state index contributed by atoms with van der Waals surface area (Å²) in [5.74, 6) is 0.0829. The zero-order valence-corrected chi connectivity index (χ0v) is 29.3. The predicted molar refractivity (Wildman–Crippen MR) is 196 cm³/mol. The molecule has 0 fully saturated rings. The molecule has 260 valence electrons. The fraction of sp³-hybridized carbons (Fsp3) is 0.231. The van der Waals surface area contributed by atoms with E-state index in [4.69, 9.17) is 19.0 Å². The van der Waals surface area contributed by atoms with Gasteiger partial charge >= 0.3 is 6.09 Å². The smallest absolute Gasteiger partial charge is 0.459 e. The van der Waals surface area contributed by atoms with Gasteiger partial charge in [0.25, 0.3) is 11.8 Å². The lowest BCUT2D eigenvalue weighted by molar-refractivity contribution is 0.0975. The van der Waals surface area contributed by atoms with Crippen molar-refractivity contribution < 1.29 is 33.4 Å². The summed E-state index contributed by atoms with van der Waals surface area (Å²) in [4.78, 5) is 48.2. The maximum atomic E-state index is 13.2. The molecular formula is C39H42N4O7.